The first-order chi connectivity index (χ1) is 13.6. The quantitative estimate of drug-likeness (QED) is 0.720. The summed E-state index contributed by atoms with van der Waals surface area (Å²) in [6.07, 6.45) is 0.218. The van der Waals surface area contributed by atoms with Crippen LogP contribution in [0.3, 0.4) is 0 Å². The van der Waals surface area contributed by atoms with E-state index in [2.05, 4.69) is 10.6 Å². The van der Waals surface area contributed by atoms with E-state index in [1.807, 2.05) is 30.3 Å². The predicted octanol–water partition coefficient (Wildman–Crippen LogP) is 2.25. The van der Waals surface area contributed by atoms with Gasteiger partial charge in [-0.3, -0.25) is 14.5 Å². The van der Waals surface area contributed by atoms with Gasteiger partial charge < -0.3 is 15.4 Å². The first-order valence-corrected chi connectivity index (χ1v) is 9.10. The Bertz CT molecular complexity index is 818. The number of ether oxygens (including phenoxy) is 1. The van der Waals surface area contributed by atoms with Gasteiger partial charge in [-0.2, -0.15) is 0 Å². The molecule has 0 radical (unpaired) electrons. The van der Waals surface area contributed by atoms with Crippen LogP contribution in [-0.2, 0) is 16.1 Å². The molecule has 3 rings (SSSR count). The van der Waals surface area contributed by atoms with Crippen LogP contribution in [0.25, 0.3) is 0 Å². The molecule has 1 aliphatic heterocycles. The molecular formula is C21H23N3O4. The standard InChI is InChI=1S/C21H23N3O4/c1-28-12-11-22-20(26)17-9-7-15(8-10-17)14-24-19(25)13-18(23-21(24)27)16-5-3-2-4-6-16/h2-10,18H,11-14H2,1H3,(H,22,26)(H,23,27)/t18-/m1/s1. The average Bonchev–Trinajstić information content (AvgIpc) is 2.72. The number of nitrogens with one attached hydrogen (secondary N) is 2. The van der Waals surface area contributed by atoms with E-state index in [9.17, 15) is 14.4 Å². The van der Waals surface area contributed by atoms with Crippen LogP contribution in [0.1, 0.15) is 33.9 Å². The van der Waals surface area contributed by atoms with Crippen LogP contribution < -0.4 is 10.6 Å². The second kappa shape index (κ2) is 9.14. The van der Waals surface area contributed by atoms with E-state index < -0.39 is 6.03 Å². The number of methoxy groups -OCH3 is 1. The topological polar surface area (TPSA) is 87.7 Å². The van der Waals surface area contributed by atoms with E-state index in [-0.39, 0.29) is 30.8 Å². The molecule has 146 valence electrons. The van der Waals surface area contributed by atoms with Crippen molar-refractivity contribution in [1.82, 2.24) is 15.5 Å². The molecular weight excluding hydrogens is 358 g/mol. The van der Waals surface area contributed by atoms with Crippen LogP contribution in [0, 0.1) is 0 Å². The predicted molar refractivity (Wildman–Crippen MR) is 104 cm³/mol. The Balaban J connectivity index is 1.60. The number of hydrogen-bond donors (Lipinski definition) is 2. The van der Waals surface area contributed by atoms with Crippen LogP contribution in [0.4, 0.5) is 4.79 Å². The molecule has 28 heavy (non-hydrogen) atoms. The van der Waals surface area contributed by atoms with Gasteiger partial charge >= 0.3 is 6.03 Å². The molecule has 2 aromatic rings. The summed E-state index contributed by atoms with van der Waals surface area (Å²) >= 11 is 0. The first kappa shape index (κ1) is 19.6. The van der Waals surface area contributed by atoms with Crippen LogP contribution in [0.15, 0.2) is 54.6 Å². The van der Waals surface area contributed by atoms with Gasteiger partial charge in [0.1, 0.15) is 0 Å². The third kappa shape index (κ3) is 4.75. The fourth-order valence-electron chi connectivity index (χ4n) is 3.04. The van der Waals surface area contributed by atoms with Gasteiger partial charge in [0.2, 0.25) is 5.91 Å². The number of benzene rings is 2. The summed E-state index contributed by atoms with van der Waals surface area (Å²) in [5.74, 6) is -0.417. The molecule has 7 nitrogen and oxygen atoms in total. The Morgan fingerprint density at radius 1 is 1.14 bits per heavy atom. The van der Waals surface area contributed by atoms with E-state index in [4.69, 9.17) is 4.74 Å². The Morgan fingerprint density at radius 3 is 2.50 bits per heavy atom. The van der Waals surface area contributed by atoms with Crippen molar-refractivity contribution in [2.24, 2.45) is 0 Å². The number of hydrogen-bond acceptors (Lipinski definition) is 4. The minimum absolute atomic E-state index is 0.164. The van der Waals surface area contributed by atoms with E-state index >= 15 is 0 Å². The number of carbonyl (C=O) groups excluding carboxylic acids is 3. The minimum atomic E-state index is -0.411. The number of amides is 4. The van der Waals surface area contributed by atoms with Gasteiger partial charge in [0.25, 0.3) is 5.91 Å². The molecule has 7 heteroatoms. The summed E-state index contributed by atoms with van der Waals surface area (Å²) in [6, 6.07) is 15.6. The highest BCUT2D eigenvalue weighted by atomic mass is 16.5. The minimum Gasteiger partial charge on any atom is -0.383 e. The summed E-state index contributed by atoms with van der Waals surface area (Å²) in [4.78, 5) is 38.1. The fourth-order valence-corrected chi connectivity index (χ4v) is 3.04. The Morgan fingerprint density at radius 2 is 1.86 bits per heavy atom. The molecule has 1 heterocycles. The van der Waals surface area contributed by atoms with Crippen LogP contribution in [0.5, 0.6) is 0 Å². The van der Waals surface area contributed by atoms with E-state index in [0.29, 0.717) is 18.7 Å². The van der Waals surface area contributed by atoms with Crippen molar-refractivity contribution in [2.45, 2.75) is 19.0 Å². The highest BCUT2D eigenvalue weighted by Crippen LogP contribution is 2.23. The maximum absolute atomic E-state index is 12.5. The third-order valence-corrected chi connectivity index (χ3v) is 4.57. The normalized spacial score (nSPS) is 16.6. The maximum atomic E-state index is 12.5. The van der Waals surface area contributed by atoms with E-state index in [0.717, 1.165) is 11.1 Å². The maximum Gasteiger partial charge on any atom is 0.324 e. The van der Waals surface area contributed by atoms with Crippen molar-refractivity contribution >= 4 is 17.8 Å². The lowest BCUT2D eigenvalue weighted by atomic mass is 10.0. The lowest BCUT2D eigenvalue weighted by molar-refractivity contribution is -0.130. The Kier molecular flexibility index (Phi) is 6.39. The van der Waals surface area contributed by atoms with Crippen LogP contribution in [0.2, 0.25) is 0 Å². The van der Waals surface area contributed by atoms with Crippen LogP contribution >= 0.6 is 0 Å². The molecule has 1 fully saturated rings. The van der Waals surface area contributed by atoms with Gasteiger partial charge in [-0.05, 0) is 23.3 Å². The Hall–Kier alpha value is -3.19. The van der Waals surface area contributed by atoms with E-state index in [1.165, 1.54) is 4.90 Å². The smallest absolute Gasteiger partial charge is 0.324 e. The van der Waals surface area contributed by atoms with Gasteiger partial charge in [-0.1, -0.05) is 42.5 Å². The summed E-state index contributed by atoms with van der Waals surface area (Å²) in [5, 5.41) is 5.62. The van der Waals surface area contributed by atoms with Crippen molar-refractivity contribution in [2.75, 3.05) is 20.3 Å². The molecule has 1 atom stereocenters. The second-order valence-corrected chi connectivity index (χ2v) is 6.54. The number of nitrogens with zero attached hydrogens (tertiary/aromatic N) is 1. The van der Waals surface area contributed by atoms with Crippen molar-refractivity contribution in [3.8, 4) is 0 Å². The average molecular weight is 381 g/mol. The molecule has 0 aliphatic carbocycles. The lowest BCUT2D eigenvalue weighted by Crippen LogP contribution is -2.50. The molecule has 1 saturated heterocycles. The molecule has 0 aromatic heterocycles. The van der Waals surface area contributed by atoms with Crippen molar-refractivity contribution in [3.05, 3.63) is 71.3 Å². The van der Waals surface area contributed by atoms with Gasteiger partial charge in [-0.25, -0.2) is 4.79 Å². The fraction of sp³-hybridized carbons (Fsp3) is 0.286. The number of rotatable bonds is 7. The molecule has 0 bridgehead atoms. The highest BCUT2D eigenvalue weighted by Gasteiger charge is 2.32. The zero-order valence-corrected chi connectivity index (χ0v) is 15.7. The SMILES string of the molecule is COCCNC(=O)c1ccc(CN2C(=O)C[C@H](c3ccccc3)NC2=O)cc1. The highest BCUT2D eigenvalue weighted by molar-refractivity contribution is 5.97. The molecule has 0 unspecified atom stereocenters. The molecule has 4 amide bonds. The summed E-state index contributed by atoms with van der Waals surface area (Å²) < 4.78 is 4.90. The van der Waals surface area contributed by atoms with Crippen molar-refractivity contribution in [1.29, 1.82) is 0 Å². The van der Waals surface area contributed by atoms with E-state index in [1.54, 1.807) is 31.4 Å². The lowest BCUT2D eigenvalue weighted by Gasteiger charge is -2.31. The molecule has 0 spiro atoms. The Labute approximate surface area is 163 Å². The van der Waals surface area contributed by atoms with Gasteiger partial charge in [0.15, 0.2) is 0 Å². The second-order valence-electron chi connectivity index (χ2n) is 6.54. The van der Waals surface area contributed by atoms with Gasteiger partial charge in [0, 0.05) is 19.2 Å². The zero-order valence-electron chi connectivity index (χ0n) is 15.7. The number of urea groups is 1. The van der Waals surface area contributed by atoms with Crippen molar-refractivity contribution < 1.29 is 19.1 Å². The summed E-state index contributed by atoms with van der Waals surface area (Å²) in [7, 11) is 1.57. The molecule has 2 N–H and O–H groups in total. The molecule has 1 aliphatic rings. The van der Waals surface area contributed by atoms with Crippen molar-refractivity contribution in [3.63, 3.8) is 0 Å². The largest absolute Gasteiger partial charge is 0.383 e. The number of carbonyl (C=O) groups is 3. The third-order valence-electron chi connectivity index (χ3n) is 4.57. The molecule has 0 saturated carbocycles. The zero-order chi connectivity index (χ0) is 19.9. The number of imide groups is 1. The molecule has 2 aromatic carbocycles. The summed E-state index contributed by atoms with van der Waals surface area (Å²) in [5.41, 5.74) is 2.20. The van der Waals surface area contributed by atoms with Gasteiger partial charge in [0.05, 0.1) is 25.6 Å². The summed E-state index contributed by atoms with van der Waals surface area (Å²) in [6.45, 7) is 1.04. The first-order valence-electron chi connectivity index (χ1n) is 9.10. The van der Waals surface area contributed by atoms with Gasteiger partial charge in [-0.15, -0.1) is 0 Å². The monoisotopic (exact) mass is 381 g/mol. The van der Waals surface area contributed by atoms with Crippen LogP contribution in [-0.4, -0.2) is 43.0 Å².